The molecule has 2 fully saturated rings. The fourth-order valence-electron chi connectivity index (χ4n) is 3.94. The van der Waals surface area contributed by atoms with E-state index in [-0.39, 0.29) is 23.9 Å². The molecule has 0 aromatic carbocycles. The van der Waals surface area contributed by atoms with Crippen LogP contribution in [0.2, 0.25) is 0 Å². The normalized spacial score (nSPS) is 23.1. The Bertz CT molecular complexity index is 723. The predicted octanol–water partition coefficient (Wildman–Crippen LogP) is 0.806. The minimum Gasteiger partial charge on any atom is -0.345 e. The molecule has 3 rings (SSSR count). The maximum atomic E-state index is 13.0. The van der Waals surface area contributed by atoms with Crippen LogP contribution in [0.15, 0.2) is 24.5 Å². The third-order valence-electron chi connectivity index (χ3n) is 5.13. The zero-order chi connectivity index (χ0) is 19.6. The second-order valence-electron chi connectivity index (χ2n) is 7.91. The highest BCUT2D eigenvalue weighted by atomic mass is 16.2. The third-order valence-corrected chi connectivity index (χ3v) is 5.13. The van der Waals surface area contributed by atoms with Gasteiger partial charge in [0.05, 0.1) is 0 Å². The molecule has 1 aromatic heterocycles. The van der Waals surface area contributed by atoms with Crippen LogP contribution in [-0.4, -0.2) is 83.3 Å². The molecule has 1 N–H and O–H groups in total. The molecule has 0 unspecified atom stereocenters. The number of likely N-dealkylation sites (tertiary alicyclic amines) is 1. The van der Waals surface area contributed by atoms with Gasteiger partial charge in [-0.2, -0.15) is 0 Å². The third kappa shape index (κ3) is 4.20. The number of carbonyl (C=O) groups is 3. The second-order valence-corrected chi connectivity index (χ2v) is 7.91. The maximum absolute atomic E-state index is 13.0. The Labute approximate surface area is 159 Å². The van der Waals surface area contributed by atoms with Crippen molar-refractivity contribution in [1.29, 1.82) is 0 Å². The van der Waals surface area contributed by atoms with E-state index in [1.54, 1.807) is 46.3 Å². The van der Waals surface area contributed by atoms with Gasteiger partial charge < -0.3 is 20.0 Å². The first-order chi connectivity index (χ1) is 12.8. The zero-order valence-corrected chi connectivity index (χ0v) is 16.1. The first kappa shape index (κ1) is 19.1. The fourth-order valence-corrected chi connectivity index (χ4v) is 3.94. The summed E-state index contributed by atoms with van der Waals surface area (Å²) in [5.74, 6) is -0.0395. The number of pyridine rings is 1. The summed E-state index contributed by atoms with van der Waals surface area (Å²) in [7, 11) is 1.77. The fraction of sp³-hybridized carbons (Fsp3) is 0.579. The molecule has 27 heavy (non-hydrogen) atoms. The highest BCUT2D eigenvalue weighted by Crippen LogP contribution is 2.34. The van der Waals surface area contributed by atoms with Crippen LogP contribution in [-0.2, 0) is 4.79 Å². The van der Waals surface area contributed by atoms with Gasteiger partial charge in [0.15, 0.2) is 0 Å². The molecule has 0 aliphatic carbocycles. The van der Waals surface area contributed by atoms with Crippen molar-refractivity contribution in [2.24, 2.45) is 5.41 Å². The Morgan fingerprint density at radius 2 is 1.74 bits per heavy atom. The van der Waals surface area contributed by atoms with E-state index in [2.05, 4.69) is 10.3 Å². The van der Waals surface area contributed by atoms with Gasteiger partial charge in [-0.15, -0.1) is 0 Å². The number of urea groups is 1. The van der Waals surface area contributed by atoms with Gasteiger partial charge >= 0.3 is 6.03 Å². The lowest BCUT2D eigenvalue weighted by Gasteiger charge is -2.33. The standard InChI is InChI=1S/C19H27N5O3/c1-14(2)21-18(27)24-9-8-23(17(26)15-4-6-20-7-5-15)12-19(13-24)10-16(25)22(3)11-19/h4-7,14H,8-13H2,1-3H3,(H,21,27)/t19-/m0/s1. The molecular formula is C19H27N5O3. The smallest absolute Gasteiger partial charge is 0.317 e. The molecule has 2 aliphatic heterocycles. The molecular weight excluding hydrogens is 346 g/mol. The molecule has 0 radical (unpaired) electrons. The largest absolute Gasteiger partial charge is 0.345 e. The number of nitrogens with one attached hydrogen (secondary N) is 1. The van der Waals surface area contributed by atoms with Gasteiger partial charge in [-0.1, -0.05) is 0 Å². The van der Waals surface area contributed by atoms with Gasteiger partial charge in [-0.05, 0) is 26.0 Å². The number of hydrogen-bond donors (Lipinski definition) is 1. The Morgan fingerprint density at radius 3 is 2.33 bits per heavy atom. The molecule has 0 saturated carbocycles. The quantitative estimate of drug-likeness (QED) is 0.831. The minimum absolute atomic E-state index is 0.0270. The Hall–Kier alpha value is -2.64. The van der Waals surface area contributed by atoms with Crippen LogP contribution in [0.5, 0.6) is 0 Å². The summed E-state index contributed by atoms with van der Waals surface area (Å²) in [6.07, 6.45) is 3.53. The molecule has 0 bridgehead atoms. The average Bonchev–Trinajstić information content (AvgIpc) is 2.79. The first-order valence-corrected chi connectivity index (χ1v) is 9.28. The van der Waals surface area contributed by atoms with Crippen molar-refractivity contribution < 1.29 is 14.4 Å². The zero-order valence-electron chi connectivity index (χ0n) is 16.1. The van der Waals surface area contributed by atoms with Crippen molar-refractivity contribution in [2.45, 2.75) is 26.3 Å². The molecule has 1 spiro atoms. The van der Waals surface area contributed by atoms with E-state index in [4.69, 9.17) is 0 Å². The van der Waals surface area contributed by atoms with E-state index < -0.39 is 5.41 Å². The van der Waals surface area contributed by atoms with Crippen molar-refractivity contribution in [3.8, 4) is 0 Å². The van der Waals surface area contributed by atoms with E-state index >= 15 is 0 Å². The van der Waals surface area contributed by atoms with E-state index in [1.807, 2.05) is 13.8 Å². The van der Waals surface area contributed by atoms with Crippen LogP contribution >= 0.6 is 0 Å². The van der Waals surface area contributed by atoms with Crippen molar-refractivity contribution in [1.82, 2.24) is 25.0 Å². The number of amides is 4. The van der Waals surface area contributed by atoms with Gasteiger partial charge in [0.25, 0.3) is 5.91 Å². The summed E-state index contributed by atoms with van der Waals surface area (Å²) in [6, 6.07) is 3.26. The molecule has 1 atom stereocenters. The van der Waals surface area contributed by atoms with Gasteiger partial charge in [-0.25, -0.2) is 4.79 Å². The summed E-state index contributed by atoms with van der Waals surface area (Å²) in [4.78, 5) is 47.0. The Morgan fingerprint density at radius 1 is 1.11 bits per heavy atom. The first-order valence-electron chi connectivity index (χ1n) is 9.28. The highest BCUT2D eigenvalue weighted by Gasteiger charge is 2.47. The minimum atomic E-state index is -0.445. The number of hydrogen-bond acceptors (Lipinski definition) is 4. The molecule has 4 amide bonds. The molecule has 2 aliphatic rings. The van der Waals surface area contributed by atoms with Gasteiger partial charge in [-0.3, -0.25) is 14.6 Å². The van der Waals surface area contributed by atoms with Gasteiger partial charge in [0.1, 0.15) is 0 Å². The van der Waals surface area contributed by atoms with Crippen molar-refractivity contribution in [3.05, 3.63) is 30.1 Å². The van der Waals surface area contributed by atoms with Crippen LogP contribution in [0.25, 0.3) is 0 Å². The maximum Gasteiger partial charge on any atom is 0.317 e. The van der Waals surface area contributed by atoms with Crippen LogP contribution in [0.4, 0.5) is 4.79 Å². The number of nitrogens with zero attached hydrogens (tertiary/aromatic N) is 4. The van der Waals surface area contributed by atoms with E-state index in [1.165, 1.54) is 0 Å². The Kier molecular flexibility index (Phi) is 5.34. The highest BCUT2D eigenvalue weighted by molar-refractivity contribution is 5.94. The topological polar surface area (TPSA) is 85.9 Å². The lowest BCUT2D eigenvalue weighted by molar-refractivity contribution is -0.126. The van der Waals surface area contributed by atoms with E-state index in [9.17, 15) is 14.4 Å². The lowest BCUT2D eigenvalue weighted by Crippen LogP contribution is -2.49. The summed E-state index contributed by atoms with van der Waals surface area (Å²) in [5.41, 5.74) is 0.122. The van der Waals surface area contributed by atoms with Gasteiger partial charge in [0.2, 0.25) is 5.91 Å². The predicted molar refractivity (Wildman–Crippen MR) is 100 cm³/mol. The second kappa shape index (κ2) is 7.54. The summed E-state index contributed by atoms with van der Waals surface area (Å²) >= 11 is 0. The van der Waals surface area contributed by atoms with Crippen molar-refractivity contribution in [3.63, 3.8) is 0 Å². The molecule has 3 heterocycles. The van der Waals surface area contributed by atoms with E-state index in [0.29, 0.717) is 44.7 Å². The molecule has 146 valence electrons. The van der Waals surface area contributed by atoms with Crippen LogP contribution in [0, 0.1) is 5.41 Å². The molecule has 8 nitrogen and oxygen atoms in total. The summed E-state index contributed by atoms with van der Waals surface area (Å²) in [5, 5.41) is 2.92. The summed E-state index contributed by atoms with van der Waals surface area (Å²) in [6.45, 7) is 6.16. The van der Waals surface area contributed by atoms with Gasteiger partial charge in [0, 0.05) is 75.6 Å². The monoisotopic (exact) mass is 373 g/mol. The SMILES string of the molecule is CC(C)NC(=O)N1CCN(C(=O)c2ccncc2)C[C@@]2(CC(=O)N(C)C2)C1. The number of aromatic nitrogens is 1. The molecule has 1 aromatic rings. The number of rotatable bonds is 2. The molecule has 2 saturated heterocycles. The van der Waals surface area contributed by atoms with Crippen molar-refractivity contribution in [2.75, 3.05) is 39.8 Å². The average molecular weight is 373 g/mol. The lowest BCUT2D eigenvalue weighted by atomic mass is 9.86. The van der Waals surface area contributed by atoms with Crippen LogP contribution in [0.1, 0.15) is 30.6 Å². The van der Waals surface area contributed by atoms with E-state index in [0.717, 1.165) is 0 Å². The number of carbonyl (C=O) groups excluding carboxylic acids is 3. The summed E-state index contributed by atoms with van der Waals surface area (Å²) < 4.78 is 0. The van der Waals surface area contributed by atoms with Crippen LogP contribution in [0.3, 0.4) is 0 Å². The van der Waals surface area contributed by atoms with Crippen LogP contribution < -0.4 is 5.32 Å². The van der Waals surface area contributed by atoms with Crippen molar-refractivity contribution >= 4 is 17.8 Å². The molecule has 8 heteroatoms. The Balaban J connectivity index is 1.85.